The largest absolute Gasteiger partial charge is 0.426 e. The van der Waals surface area contributed by atoms with E-state index in [1.807, 2.05) is 49.4 Å². The maximum atomic E-state index is 11.9. The van der Waals surface area contributed by atoms with Crippen LogP contribution in [0.2, 0.25) is 0 Å². The van der Waals surface area contributed by atoms with Gasteiger partial charge in [-0.3, -0.25) is 4.79 Å². The summed E-state index contributed by atoms with van der Waals surface area (Å²) in [7, 11) is 0. The summed E-state index contributed by atoms with van der Waals surface area (Å²) in [5.41, 5.74) is 2.72. The van der Waals surface area contributed by atoms with Gasteiger partial charge < -0.3 is 4.74 Å². The van der Waals surface area contributed by atoms with Gasteiger partial charge in [0.05, 0.1) is 6.42 Å². The maximum absolute atomic E-state index is 11.9. The van der Waals surface area contributed by atoms with Crippen LogP contribution in [0.4, 0.5) is 0 Å². The number of rotatable bonds is 4. The van der Waals surface area contributed by atoms with Crippen LogP contribution in [-0.2, 0) is 17.6 Å². The Labute approximate surface area is 119 Å². The van der Waals surface area contributed by atoms with Crippen molar-refractivity contribution in [1.29, 1.82) is 0 Å². The molecular formula is C18H16O2. The van der Waals surface area contributed by atoms with Crippen molar-refractivity contribution in [1.82, 2.24) is 0 Å². The highest BCUT2D eigenvalue weighted by atomic mass is 16.5. The van der Waals surface area contributed by atoms with E-state index in [1.165, 1.54) is 0 Å². The minimum atomic E-state index is -0.285. The average Bonchev–Trinajstić information content (AvgIpc) is 2.47. The molecule has 2 heteroatoms. The van der Waals surface area contributed by atoms with Gasteiger partial charge in [-0.2, -0.15) is 0 Å². The quantitative estimate of drug-likeness (QED) is 0.481. The van der Waals surface area contributed by atoms with E-state index >= 15 is 0 Å². The molecule has 0 aliphatic heterocycles. The monoisotopic (exact) mass is 264 g/mol. The van der Waals surface area contributed by atoms with Crippen LogP contribution >= 0.6 is 0 Å². The van der Waals surface area contributed by atoms with Crippen LogP contribution in [0.1, 0.15) is 23.6 Å². The van der Waals surface area contributed by atoms with Crippen LogP contribution < -0.4 is 4.74 Å². The standard InChI is InChI=1S/C18H16O2/c1-3-14-10-15(4-2)12-17(11-14)20-18(19)13-16-8-6-5-7-9-16/h1,5-12H,4,13H2,2H3. The zero-order chi connectivity index (χ0) is 14.4. The summed E-state index contributed by atoms with van der Waals surface area (Å²) in [4.78, 5) is 11.9. The minimum absolute atomic E-state index is 0.253. The molecule has 2 rings (SSSR count). The van der Waals surface area contributed by atoms with Crippen LogP contribution in [0.15, 0.2) is 48.5 Å². The van der Waals surface area contributed by atoms with Gasteiger partial charge in [-0.1, -0.05) is 43.2 Å². The fraction of sp³-hybridized carbons (Fsp3) is 0.167. The Morgan fingerprint density at radius 1 is 1.15 bits per heavy atom. The maximum Gasteiger partial charge on any atom is 0.315 e. The molecule has 0 aliphatic carbocycles. The normalized spacial score (nSPS) is 9.80. The number of hydrogen-bond acceptors (Lipinski definition) is 2. The Bertz CT molecular complexity index is 636. The van der Waals surface area contributed by atoms with E-state index in [1.54, 1.807) is 6.07 Å². The van der Waals surface area contributed by atoms with Crippen molar-refractivity contribution in [2.45, 2.75) is 19.8 Å². The molecule has 0 spiro atoms. The van der Waals surface area contributed by atoms with E-state index in [0.29, 0.717) is 5.75 Å². The summed E-state index contributed by atoms with van der Waals surface area (Å²) < 4.78 is 5.37. The van der Waals surface area contributed by atoms with Gasteiger partial charge in [0.1, 0.15) is 5.75 Å². The zero-order valence-electron chi connectivity index (χ0n) is 11.4. The summed E-state index contributed by atoms with van der Waals surface area (Å²) >= 11 is 0. The molecule has 0 saturated carbocycles. The molecule has 20 heavy (non-hydrogen) atoms. The smallest absolute Gasteiger partial charge is 0.315 e. The van der Waals surface area contributed by atoms with Crippen LogP contribution in [0.5, 0.6) is 5.75 Å². The van der Waals surface area contributed by atoms with Crippen molar-refractivity contribution in [3.8, 4) is 18.1 Å². The van der Waals surface area contributed by atoms with E-state index in [0.717, 1.165) is 23.1 Å². The lowest BCUT2D eigenvalue weighted by atomic mass is 10.1. The lowest BCUT2D eigenvalue weighted by Crippen LogP contribution is -2.11. The van der Waals surface area contributed by atoms with Crippen molar-refractivity contribution in [2.24, 2.45) is 0 Å². The molecule has 0 heterocycles. The first-order valence-electron chi connectivity index (χ1n) is 6.56. The zero-order valence-corrected chi connectivity index (χ0v) is 11.4. The predicted octanol–water partition coefficient (Wildman–Crippen LogP) is 3.38. The van der Waals surface area contributed by atoms with Gasteiger partial charge in [0.25, 0.3) is 0 Å². The van der Waals surface area contributed by atoms with Crippen LogP contribution in [0.25, 0.3) is 0 Å². The second kappa shape index (κ2) is 6.58. The number of carbonyl (C=O) groups excluding carboxylic acids is 1. The Morgan fingerprint density at radius 2 is 1.90 bits per heavy atom. The lowest BCUT2D eigenvalue weighted by Gasteiger charge is -2.07. The summed E-state index contributed by atoms with van der Waals surface area (Å²) in [5.74, 6) is 2.80. The molecule has 100 valence electrons. The summed E-state index contributed by atoms with van der Waals surface area (Å²) in [6, 6.07) is 15.0. The van der Waals surface area contributed by atoms with Gasteiger partial charge in [-0.25, -0.2) is 0 Å². The lowest BCUT2D eigenvalue weighted by molar-refractivity contribution is -0.133. The number of hydrogen-bond donors (Lipinski definition) is 0. The number of benzene rings is 2. The number of carbonyl (C=O) groups is 1. The van der Waals surface area contributed by atoms with Crippen molar-refractivity contribution < 1.29 is 9.53 Å². The van der Waals surface area contributed by atoms with Crippen molar-refractivity contribution >= 4 is 5.97 Å². The second-order valence-electron chi connectivity index (χ2n) is 4.50. The van der Waals surface area contributed by atoms with Gasteiger partial charge in [-0.15, -0.1) is 6.42 Å². The minimum Gasteiger partial charge on any atom is -0.426 e. The second-order valence-corrected chi connectivity index (χ2v) is 4.50. The van der Waals surface area contributed by atoms with E-state index < -0.39 is 0 Å². The number of ether oxygens (including phenoxy) is 1. The third kappa shape index (κ3) is 3.73. The SMILES string of the molecule is C#Cc1cc(CC)cc(OC(=O)Cc2ccccc2)c1. The van der Waals surface area contributed by atoms with Gasteiger partial charge in [-0.05, 0) is 35.7 Å². The van der Waals surface area contributed by atoms with E-state index in [9.17, 15) is 4.79 Å². The molecule has 0 amide bonds. The molecule has 2 nitrogen and oxygen atoms in total. The predicted molar refractivity (Wildman–Crippen MR) is 79.5 cm³/mol. The molecule has 0 radical (unpaired) electrons. The number of esters is 1. The molecule has 0 atom stereocenters. The molecule has 0 aromatic heterocycles. The molecule has 0 fully saturated rings. The third-order valence-electron chi connectivity index (χ3n) is 2.96. The summed E-state index contributed by atoms with van der Waals surface area (Å²) in [6.07, 6.45) is 6.50. The molecule has 2 aromatic rings. The molecule has 0 N–H and O–H groups in total. The Kier molecular flexibility index (Phi) is 4.57. The first-order chi connectivity index (χ1) is 9.71. The molecule has 0 aliphatic rings. The Hall–Kier alpha value is -2.53. The van der Waals surface area contributed by atoms with Crippen LogP contribution in [0.3, 0.4) is 0 Å². The highest BCUT2D eigenvalue weighted by Crippen LogP contribution is 2.18. The van der Waals surface area contributed by atoms with Crippen molar-refractivity contribution in [2.75, 3.05) is 0 Å². The highest BCUT2D eigenvalue weighted by Gasteiger charge is 2.07. The van der Waals surface area contributed by atoms with Crippen molar-refractivity contribution in [3.05, 3.63) is 65.2 Å². The topological polar surface area (TPSA) is 26.3 Å². The Morgan fingerprint density at radius 3 is 2.55 bits per heavy atom. The van der Waals surface area contributed by atoms with Gasteiger partial charge in [0.15, 0.2) is 0 Å². The summed E-state index contributed by atoms with van der Waals surface area (Å²) in [6.45, 7) is 2.03. The van der Waals surface area contributed by atoms with E-state index in [2.05, 4.69) is 5.92 Å². The number of terminal acetylenes is 1. The average molecular weight is 264 g/mol. The molecule has 0 bridgehead atoms. The fourth-order valence-corrected chi connectivity index (χ4v) is 1.94. The van der Waals surface area contributed by atoms with E-state index in [-0.39, 0.29) is 12.4 Å². The molecule has 0 saturated heterocycles. The fourth-order valence-electron chi connectivity index (χ4n) is 1.94. The molecular weight excluding hydrogens is 248 g/mol. The highest BCUT2D eigenvalue weighted by molar-refractivity contribution is 5.75. The third-order valence-corrected chi connectivity index (χ3v) is 2.96. The van der Waals surface area contributed by atoms with Gasteiger partial charge in [0, 0.05) is 5.56 Å². The van der Waals surface area contributed by atoms with Crippen LogP contribution in [0, 0.1) is 12.3 Å². The molecule has 0 unspecified atom stereocenters. The Balaban J connectivity index is 2.10. The molecule has 2 aromatic carbocycles. The van der Waals surface area contributed by atoms with Crippen molar-refractivity contribution in [3.63, 3.8) is 0 Å². The first kappa shape index (κ1) is 13.9. The summed E-state index contributed by atoms with van der Waals surface area (Å²) in [5, 5.41) is 0. The number of aryl methyl sites for hydroxylation is 1. The van der Waals surface area contributed by atoms with Gasteiger partial charge in [0.2, 0.25) is 0 Å². The first-order valence-corrected chi connectivity index (χ1v) is 6.56. The van der Waals surface area contributed by atoms with Gasteiger partial charge >= 0.3 is 5.97 Å². The van der Waals surface area contributed by atoms with E-state index in [4.69, 9.17) is 11.2 Å². The van der Waals surface area contributed by atoms with Crippen LogP contribution in [-0.4, -0.2) is 5.97 Å².